The predicted molar refractivity (Wildman–Crippen MR) is 155 cm³/mol. The summed E-state index contributed by atoms with van der Waals surface area (Å²) in [4.78, 5) is 19.4. The van der Waals surface area contributed by atoms with E-state index in [0.29, 0.717) is 30.1 Å². The number of piperidine rings is 1. The van der Waals surface area contributed by atoms with Crippen molar-refractivity contribution in [2.24, 2.45) is 11.8 Å². The highest BCUT2D eigenvalue weighted by Gasteiger charge is 2.30. The van der Waals surface area contributed by atoms with Crippen molar-refractivity contribution in [1.82, 2.24) is 9.88 Å². The van der Waals surface area contributed by atoms with Crippen LogP contribution in [0, 0.1) is 11.8 Å². The van der Waals surface area contributed by atoms with Crippen LogP contribution in [0.4, 0.5) is 4.39 Å². The van der Waals surface area contributed by atoms with Crippen LogP contribution in [0.2, 0.25) is 0 Å². The van der Waals surface area contributed by atoms with Crippen molar-refractivity contribution in [3.05, 3.63) is 60.3 Å². The number of alkyl halides is 1. The number of hydrogen-bond donors (Lipinski definition) is 1. The van der Waals surface area contributed by atoms with E-state index in [9.17, 15) is 9.90 Å². The van der Waals surface area contributed by atoms with E-state index in [1.165, 1.54) is 4.90 Å². The summed E-state index contributed by atoms with van der Waals surface area (Å²) < 4.78 is 26.1. The van der Waals surface area contributed by atoms with Crippen LogP contribution in [0.15, 0.2) is 59.6 Å². The Labute approximate surface area is 234 Å². The summed E-state index contributed by atoms with van der Waals surface area (Å²) in [7, 11) is 3.28. The molecule has 1 aromatic heterocycles. The fraction of sp³-hybridized carbons (Fsp3) is 0.484. The van der Waals surface area contributed by atoms with E-state index >= 15 is 4.39 Å². The van der Waals surface area contributed by atoms with E-state index in [2.05, 4.69) is 22.0 Å². The Hall–Kier alpha value is -2.84. The van der Waals surface area contributed by atoms with Gasteiger partial charge in [0.2, 0.25) is 0 Å². The average Bonchev–Trinajstić information content (AvgIpc) is 2.97. The van der Waals surface area contributed by atoms with E-state index in [1.54, 1.807) is 26.5 Å². The fourth-order valence-corrected chi connectivity index (χ4v) is 6.43. The lowest BCUT2D eigenvalue weighted by atomic mass is 9.79. The number of carbonyl (C=O) groups is 1. The second-order valence-corrected chi connectivity index (χ2v) is 11.4. The molecule has 0 radical (unpaired) electrons. The van der Waals surface area contributed by atoms with Crippen LogP contribution in [-0.4, -0.2) is 60.6 Å². The third-order valence-corrected chi connectivity index (χ3v) is 8.86. The largest absolute Gasteiger partial charge is 0.497 e. The molecule has 1 N–H and O–H groups in total. The average molecular weight is 555 g/mol. The highest BCUT2D eigenvalue weighted by atomic mass is 32.2. The SMILES string of the molecule is COc1ccc(SCCCN2CC[C@@H](CC[C@@H](F)c3ccnc4ccc(OC)cc34)[C@H](CCC(=O)O)C2)cc1. The van der Waals surface area contributed by atoms with E-state index < -0.39 is 12.1 Å². The van der Waals surface area contributed by atoms with Crippen molar-refractivity contribution in [3.63, 3.8) is 0 Å². The molecule has 2 heterocycles. The second-order valence-electron chi connectivity index (χ2n) is 10.2. The van der Waals surface area contributed by atoms with Gasteiger partial charge in [-0.05, 0) is 117 Å². The maximum atomic E-state index is 15.6. The number of ether oxygens (including phenoxy) is 2. The summed E-state index contributed by atoms with van der Waals surface area (Å²) in [6.07, 6.45) is 4.59. The number of likely N-dealkylation sites (tertiary alicyclic amines) is 1. The molecule has 0 bridgehead atoms. The summed E-state index contributed by atoms with van der Waals surface area (Å²) in [5.41, 5.74) is 1.40. The minimum Gasteiger partial charge on any atom is -0.497 e. The zero-order valence-corrected chi connectivity index (χ0v) is 23.7. The van der Waals surface area contributed by atoms with Crippen LogP contribution in [0.3, 0.4) is 0 Å². The second kappa shape index (κ2) is 14.5. The molecule has 6 nitrogen and oxygen atoms in total. The predicted octanol–water partition coefficient (Wildman–Crippen LogP) is 7.03. The number of rotatable bonds is 14. The maximum absolute atomic E-state index is 15.6. The van der Waals surface area contributed by atoms with Gasteiger partial charge in [0.25, 0.3) is 0 Å². The molecule has 3 atom stereocenters. The smallest absolute Gasteiger partial charge is 0.303 e. The van der Waals surface area contributed by atoms with Crippen LogP contribution >= 0.6 is 11.8 Å². The number of pyridine rings is 1. The lowest BCUT2D eigenvalue weighted by molar-refractivity contribution is -0.137. The Morgan fingerprint density at radius 3 is 2.62 bits per heavy atom. The molecular formula is C31H39FN2O4S. The van der Waals surface area contributed by atoms with Gasteiger partial charge in [-0.1, -0.05) is 0 Å². The summed E-state index contributed by atoms with van der Waals surface area (Å²) in [5.74, 6) is 2.42. The van der Waals surface area contributed by atoms with Gasteiger partial charge in [-0.25, -0.2) is 4.39 Å². The quantitative estimate of drug-likeness (QED) is 0.169. The first kappa shape index (κ1) is 29.2. The summed E-state index contributed by atoms with van der Waals surface area (Å²) >= 11 is 1.84. The van der Waals surface area contributed by atoms with Crippen molar-refractivity contribution in [2.45, 2.75) is 49.6 Å². The van der Waals surface area contributed by atoms with Gasteiger partial charge in [-0.2, -0.15) is 0 Å². The number of halogens is 1. The van der Waals surface area contributed by atoms with Crippen molar-refractivity contribution in [1.29, 1.82) is 0 Å². The summed E-state index contributed by atoms with van der Waals surface area (Å²) in [5, 5.41) is 10.1. The third-order valence-electron chi connectivity index (χ3n) is 7.76. The molecule has 39 heavy (non-hydrogen) atoms. The Morgan fingerprint density at radius 2 is 1.87 bits per heavy atom. The molecule has 0 spiro atoms. The van der Waals surface area contributed by atoms with Gasteiger partial charge in [0.1, 0.15) is 17.7 Å². The highest BCUT2D eigenvalue weighted by molar-refractivity contribution is 7.99. The molecule has 1 aliphatic heterocycles. The molecule has 1 saturated heterocycles. The van der Waals surface area contributed by atoms with Gasteiger partial charge < -0.3 is 19.5 Å². The van der Waals surface area contributed by atoms with Gasteiger partial charge >= 0.3 is 5.97 Å². The molecule has 1 aliphatic rings. The van der Waals surface area contributed by atoms with Gasteiger partial charge in [0.05, 0.1) is 19.7 Å². The van der Waals surface area contributed by atoms with Crippen LogP contribution in [0.25, 0.3) is 10.9 Å². The Kier molecular flexibility index (Phi) is 10.9. The van der Waals surface area contributed by atoms with E-state index in [-0.39, 0.29) is 12.3 Å². The first-order chi connectivity index (χ1) is 19.0. The van der Waals surface area contributed by atoms with Crippen LogP contribution in [0.5, 0.6) is 11.5 Å². The number of carboxylic acid groups (broad SMARTS) is 1. The number of benzene rings is 2. The zero-order valence-electron chi connectivity index (χ0n) is 22.9. The van der Waals surface area contributed by atoms with Gasteiger partial charge in [-0.3, -0.25) is 9.78 Å². The number of fused-ring (bicyclic) bond motifs is 1. The van der Waals surface area contributed by atoms with E-state index in [1.807, 2.05) is 42.1 Å². The van der Waals surface area contributed by atoms with Crippen LogP contribution < -0.4 is 9.47 Å². The van der Waals surface area contributed by atoms with Gasteiger partial charge in [0.15, 0.2) is 0 Å². The number of aliphatic carboxylic acids is 1. The molecule has 0 saturated carbocycles. The summed E-state index contributed by atoms with van der Waals surface area (Å²) in [6, 6.07) is 15.4. The van der Waals surface area contributed by atoms with E-state index in [4.69, 9.17) is 9.47 Å². The fourth-order valence-electron chi connectivity index (χ4n) is 5.59. The molecule has 0 amide bonds. The van der Waals surface area contributed by atoms with Crippen molar-refractivity contribution in [2.75, 3.05) is 39.6 Å². The molecular weight excluding hydrogens is 515 g/mol. The van der Waals surface area contributed by atoms with E-state index in [0.717, 1.165) is 61.3 Å². The molecule has 210 valence electrons. The maximum Gasteiger partial charge on any atom is 0.303 e. The first-order valence-electron chi connectivity index (χ1n) is 13.7. The highest BCUT2D eigenvalue weighted by Crippen LogP contribution is 2.36. The number of carboxylic acids is 1. The van der Waals surface area contributed by atoms with Gasteiger partial charge in [-0.15, -0.1) is 11.8 Å². The van der Waals surface area contributed by atoms with Gasteiger partial charge in [0, 0.05) is 29.4 Å². The number of nitrogens with zero attached hydrogens (tertiary/aromatic N) is 2. The van der Waals surface area contributed by atoms with Crippen molar-refractivity contribution in [3.8, 4) is 11.5 Å². The Balaban J connectivity index is 1.30. The van der Waals surface area contributed by atoms with Crippen LogP contribution in [0.1, 0.15) is 50.3 Å². The minimum atomic E-state index is -1.10. The molecule has 8 heteroatoms. The minimum absolute atomic E-state index is 0.163. The standard InChI is InChI=1S/C31H39FN2O4S/c1-37-24-6-9-26(10-7-24)39-19-3-17-34-18-15-22(23(21-34)5-13-31(35)36)4-11-29(32)27-14-16-33-30-12-8-25(38-2)20-28(27)30/h6-10,12,14,16,20,22-23,29H,3-5,11,13,15,17-19,21H2,1-2H3,(H,35,36)/t22-,23-,29-/m1/s1. The Morgan fingerprint density at radius 1 is 1.10 bits per heavy atom. The van der Waals surface area contributed by atoms with Crippen LogP contribution in [-0.2, 0) is 4.79 Å². The van der Waals surface area contributed by atoms with Crippen molar-refractivity contribution < 1.29 is 23.8 Å². The molecule has 0 unspecified atom stereocenters. The molecule has 2 aromatic carbocycles. The number of thioether (sulfide) groups is 1. The normalized spacial score (nSPS) is 18.6. The van der Waals surface area contributed by atoms with Crippen molar-refractivity contribution >= 4 is 28.6 Å². The monoisotopic (exact) mass is 554 g/mol. The lowest BCUT2D eigenvalue weighted by Crippen LogP contribution is -2.41. The Bertz CT molecular complexity index is 1210. The number of methoxy groups -OCH3 is 2. The topological polar surface area (TPSA) is 71.9 Å². The number of aromatic nitrogens is 1. The molecule has 3 aromatic rings. The zero-order chi connectivity index (χ0) is 27.6. The molecule has 0 aliphatic carbocycles. The number of hydrogen-bond acceptors (Lipinski definition) is 6. The lowest BCUT2D eigenvalue weighted by Gasteiger charge is -2.39. The summed E-state index contributed by atoms with van der Waals surface area (Å²) in [6.45, 7) is 2.86. The first-order valence-corrected chi connectivity index (χ1v) is 14.7. The molecule has 4 rings (SSSR count). The third kappa shape index (κ3) is 8.32. The molecule has 1 fully saturated rings.